The van der Waals surface area contributed by atoms with E-state index in [-0.39, 0.29) is 18.9 Å². The second kappa shape index (κ2) is 69.8. The molecule has 99 heavy (non-hydrogen) atoms. The van der Waals surface area contributed by atoms with Gasteiger partial charge < -0.3 is 65.1 Å². The van der Waals surface area contributed by atoms with Gasteiger partial charge in [-0.05, 0) is 19.3 Å². The second-order valence-electron chi connectivity index (χ2n) is 31.0. The number of unbranched alkanes of at least 4 members (excludes halogenated alkanes) is 62. The van der Waals surface area contributed by atoms with E-state index in [1.165, 1.54) is 366 Å². The highest BCUT2D eigenvalue weighted by Gasteiger charge is 2.51. The molecule has 2 heterocycles. The Morgan fingerprint density at radius 1 is 0.354 bits per heavy atom. The number of aliphatic hydroxyl groups excluding tert-OH is 8. The van der Waals surface area contributed by atoms with Crippen LogP contribution in [0.25, 0.3) is 0 Å². The average Bonchev–Trinajstić information content (AvgIpc) is 0.794. The lowest BCUT2D eigenvalue weighted by Gasteiger charge is -2.46. The average molecular weight is 1410 g/mol. The van der Waals surface area contributed by atoms with Crippen LogP contribution in [-0.2, 0) is 23.7 Å². The van der Waals surface area contributed by atoms with E-state index in [4.69, 9.17) is 18.9 Å². The van der Waals surface area contributed by atoms with Crippen LogP contribution in [0.15, 0.2) is 12.2 Å². The van der Waals surface area contributed by atoms with Crippen molar-refractivity contribution >= 4 is 5.91 Å². The van der Waals surface area contributed by atoms with Crippen molar-refractivity contribution in [1.82, 2.24) is 5.32 Å². The summed E-state index contributed by atoms with van der Waals surface area (Å²) >= 11 is 0. The first-order valence-electron chi connectivity index (χ1n) is 43.4. The van der Waals surface area contributed by atoms with E-state index >= 15 is 0 Å². The van der Waals surface area contributed by atoms with Crippen molar-refractivity contribution in [1.29, 1.82) is 0 Å². The van der Waals surface area contributed by atoms with Gasteiger partial charge in [0, 0.05) is 6.42 Å². The molecule has 2 aliphatic heterocycles. The molecule has 0 spiro atoms. The maximum Gasteiger partial charge on any atom is 0.220 e. The Bertz CT molecular complexity index is 1710. The van der Waals surface area contributed by atoms with E-state index in [9.17, 15) is 45.6 Å². The molecule has 2 aliphatic rings. The summed E-state index contributed by atoms with van der Waals surface area (Å²) in [5.41, 5.74) is 0. The van der Waals surface area contributed by atoms with Crippen LogP contribution in [0.2, 0.25) is 0 Å². The fraction of sp³-hybridized carbons (Fsp3) is 0.965. The molecule has 0 radical (unpaired) electrons. The van der Waals surface area contributed by atoms with Gasteiger partial charge in [-0.15, -0.1) is 0 Å². The number of nitrogens with one attached hydrogen (secondary N) is 1. The Hall–Kier alpha value is -1.27. The highest BCUT2D eigenvalue weighted by Crippen LogP contribution is 2.31. The lowest BCUT2D eigenvalue weighted by atomic mass is 9.97. The van der Waals surface area contributed by atoms with Crippen LogP contribution in [0.1, 0.15) is 431 Å². The smallest absolute Gasteiger partial charge is 0.220 e. The molecule has 9 N–H and O–H groups in total. The maximum atomic E-state index is 13.4. The number of hydrogen-bond acceptors (Lipinski definition) is 13. The van der Waals surface area contributed by atoms with Gasteiger partial charge in [0.15, 0.2) is 12.6 Å². The molecule has 2 rings (SSSR count). The maximum absolute atomic E-state index is 13.4. The molecule has 0 aromatic heterocycles. The summed E-state index contributed by atoms with van der Waals surface area (Å²) in [6.07, 6.45) is 73.2. The number of hydrogen-bond donors (Lipinski definition) is 9. The first-order chi connectivity index (χ1) is 48.6. The molecule has 0 aromatic rings. The molecule has 0 aromatic carbocycles. The Labute approximate surface area is 609 Å². The van der Waals surface area contributed by atoms with E-state index in [1.54, 1.807) is 6.08 Å². The summed E-state index contributed by atoms with van der Waals surface area (Å²) in [7, 11) is 0. The molecule has 1 amide bonds. The number of carbonyl (C=O) groups excluding carboxylic acids is 1. The molecule has 0 bridgehead atoms. The zero-order valence-corrected chi connectivity index (χ0v) is 64.8. The monoisotopic (exact) mass is 1410 g/mol. The van der Waals surface area contributed by atoms with E-state index in [2.05, 4.69) is 19.2 Å². The van der Waals surface area contributed by atoms with E-state index < -0.39 is 86.8 Å². The lowest BCUT2D eigenvalue weighted by Crippen LogP contribution is -2.65. The number of carbonyl (C=O) groups is 1. The normalized spacial score (nSPS) is 21.9. The predicted octanol–water partition coefficient (Wildman–Crippen LogP) is 20.4. The molecule has 14 nitrogen and oxygen atoms in total. The standard InChI is InChI=1S/C85H165NO13/c1-3-5-7-9-11-13-15-17-19-21-23-25-27-29-31-33-35-37-38-40-42-44-46-48-50-52-54-56-58-60-62-64-66-68-74(89)73(72-96-84-82(95)80(93)83(76(71-88)98-84)99-85-81(94)79(92)78(91)75(70-87)97-85)86-77(90)69-67-65-63-61-59-57-55-53-51-49-47-45-43-41-39-36-34-32-30-28-26-24-22-20-18-16-14-12-10-8-6-4-2/h66,68,73-76,78-85,87-89,91-95H,3-65,67,69-72H2,1-2H3,(H,86,90)/b68-66+. The topological polar surface area (TPSA) is 228 Å². The number of amides is 1. The second-order valence-corrected chi connectivity index (χ2v) is 31.0. The highest BCUT2D eigenvalue weighted by atomic mass is 16.7. The molecule has 0 saturated carbocycles. The van der Waals surface area contributed by atoms with Gasteiger partial charge in [-0.2, -0.15) is 0 Å². The molecule has 12 atom stereocenters. The van der Waals surface area contributed by atoms with Crippen LogP contribution in [0.5, 0.6) is 0 Å². The van der Waals surface area contributed by atoms with Gasteiger partial charge in [0.1, 0.15) is 48.8 Å². The first kappa shape index (κ1) is 93.8. The summed E-state index contributed by atoms with van der Waals surface area (Å²) in [6, 6.07) is -0.913. The van der Waals surface area contributed by atoms with Crippen molar-refractivity contribution in [3.63, 3.8) is 0 Å². The molecule has 12 unspecified atom stereocenters. The predicted molar refractivity (Wildman–Crippen MR) is 411 cm³/mol. The minimum atomic E-state index is -1.79. The Morgan fingerprint density at radius 2 is 0.626 bits per heavy atom. The molecule has 588 valence electrons. The summed E-state index contributed by atoms with van der Waals surface area (Å²) in [5.74, 6) is -0.228. The summed E-state index contributed by atoms with van der Waals surface area (Å²) < 4.78 is 23.0. The van der Waals surface area contributed by atoms with Crippen molar-refractivity contribution < 1.29 is 64.6 Å². The van der Waals surface area contributed by atoms with Gasteiger partial charge in [-0.25, -0.2) is 0 Å². The Balaban J connectivity index is 1.58. The number of ether oxygens (including phenoxy) is 4. The molecular weight excluding hydrogens is 1240 g/mol. The van der Waals surface area contributed by atoms with Crippen molar-refractivity contribution in [2.24, 2.45) is 0 Å². The van der Waals surface area contributed by atoms with Gasteiger partial charge >= 0.3 is 0 Å². The van der Waals surface area contributed by atoms with Gasteiger partial charge in [-0.3, -0.25) is 4.79 Å². The fourth-order valence-electron chi connectivity index (χ4n) is 14.9. The largest absolute Gasteiger partial charge is 0.394 e. The van der Waals surface area contributed by atoms with Crippen LogP contribution >= 0.6 is 0 Å². The van der Waals surface area contributed by atoms with Crippen molar-refractivity contribution in [3.8, 4) is 0 Å². The molecule has 2 fully saturated rings. The quantitative estimate of drug-likeness (QED) is 0.0204. The van der Waals surface area contributed by atoms with Crippen LogP contribution in [0.3, 0.4) is 0 Å². The zero-order valence-electron chi connectivity index (χ0n) is 64.8. The molecule has 0 aliphatic carbocycles. The number of allylic oxidation sites excluding steroid dienone is 1. The molecule has 2 saturated heterocycles. The van der Waals surface area contributed by atoms with E-state index in [1.807, 2.05) is 6.08 Å². The summed E-state index contributed by atoms with van der Waals surface area (Å²) in [6.45, 7) is 2.89. The van der Waals surface area contributed by atoms with Crippen molar-refractivity contribution in [2.75, 3.05) is 19.8 Å². The number of aliphatic hydroxyl groups is 8. The van der Waals surface area contributed by atoms with Gasteiger partial charge in [-0.1, -0.05) is 418 Å². The lowest BCUT2D eigenvalue weighted by molar-refractivity contribution is -0.359. The summed E-state index contributed by atoms with van der Waals surface area (Å²) in [4.78, 5) is 13.4. The van der Waals surface area contributed by atoms with Crippen LogP contribution in [-0.4, -0.2) is 140 Å². The SMILES string of the molecule is CCCCCCCCCCCCCCCCCCCCCCCCCCCCCCCCC/C=C/C(O)C(COC1OC(CO)C(OC2OC(CO)C(O)C(O)C2O)C(O)C1O)NC(=O)CCCCCCCCCCCCCCCCCCCCCCCCCCCCCCCCCC. The van der Waals surface area contributed by atoms with Crippen molar-refractivity contribution in [3.05, 3.63) is 12.2 Å². The van der Waals surface area contributed by atoms with Crippen LogP contribution < -0.4 is 5.32 Å². The molecule has 14 heteroatoms. The fourth-order valence-corrected chi connectivity index (χ4v) is 14.9. The third-order valence-corrected chi connectivity index (χ3v) is 21.7. The minimum Gasteiger partial charge on any atom is -0.394 e. The van der Waals surface area contributed by atoms with Crippen LogP contribution in [0, 0.1) is 0 Å². The molecular formula is C85H165NO13. The van der Waals surface area contributed by atoms with E-state index in [0.717, 1.165) is 44.9 Å². The first-order valence-corrected chi connectivity index (χ1v) is 43.4. The third-order valence-electron chi connectivity index (χ3n) is 21.7. The Kier molecular flexibility index (Phi) is 66.1. The third kappa shape index (κ3) is 52.4. The van der Waals surface area contributed by atoms with Gasteiger partial charge in [0.05, 0.1) is 32.0 Å². The summed E-state index contributed by atoms with van der Waals surface area (Å²) in [5, 5.41) is 87.8. The van der Waals surface area contributed by atoms with Gasteiger partial charge in [0.2, 0.25) is 5.91 Å². The van der Waals surface area contributed by atoms with Crippen molar-refractivity contribution in [2.45, 2.75) is 505 Å². The zero-order chi connectivity index (χ0) is 71.5. The van der Waals surface area contributed by atoms with E-state index in [0.29, 0.717) is 0 Å². The highest BCUT2D eigenvalue weighted by molar-refractivity contribution is 5.76. The Morgan fingerprint density at radius 3 is 0.929 bits per heavy atom. The minimum absolute atomic E-state index is 0.228. The van der Waals surface area contributed by atoms with Gasteiger partial charge in [0.25, 0.3) is 0 Å². The van der Waals surface area contributed by atoms with Crippen LogP contribution in [0.4, 0.5) is 0 Å². The number of rotatable bonds is 75.